The molecule has 138 valence electrons. The number of halogens is 1. The molecule has 0 fully saturated rings. The van der Waals surface area contributed by atoms with Crippen LogP contribution in [-0.4, -0.2) is 25.9 Å². The van der Waals surface area contributed by atoms with Crippen LogP contribution in [0.2, 0.25) is 5.02 Å². The number of amides is 1. The Kier molecular flexibility index (Phi) is 4.99. The largest absolute Gasteiger partial charge is 0.339 e. The highest BCUT2D eigenvalue weighted by Gasteiger charge is 2.07. The summed E-state index contributed by atoms with van der Waals surface area (Å²) in [6.07, 6.45) is 3.48. The molecule has 0 spiro atoms. The lowest BCUT2D eigenvalue weighted by atomic mass is 10.2. The van der Waals surface area contributed by atoms with Crippen LogP contribution in [-0.2, 0) is 0 Å². The fourth-order valence-electron chi connectivity index (χ4n) is 2.54. The van der Waals surface area contributed by atoms with Crippen LogP contribution in [0, 0.1) is 0 Å². The Labute approximate surface area is 166 Å². The summed E-state index contributed by atoms with van der Waals surface area (Å²) in [6.45, 7) is 0. The Morgan fingerprint density at radius 2 is 1.75 bits per heavy atom. The predicted octanol–water partition coefficient (Wildman–Crippen LogP) is 4.31. The zero-order valence-electron chi connectivity index (χ0n) is 14.6. The molecule has 2 aromatic heterocycles. The van der Waals surface area contributed by atoms with Crippen molar-refractivity contribution in [2.75, 3.05) is 10.6 Å². The maximum Gasteiger partial charge on any atom is 0.255 e. The number of carbonyl (C=O) groups is 1. The predicted molar refractivity (Wildman–Crippen MR) is 108 cm³/mol. The number of nitrogens with zero attached hydrogens (tertiary/aromatic N) is 4. The van der Waals surface area contributed by atoms with Crippen molar-refractivity contribution in [3.05, 3.63) is 89.7 Å². The summed E-state index contributed by atoms with van der Waals surface area (Å²) < 4.78 is 1.63. The number of benzene rings is 2. The van der Waals surface area contributed by atoms with Gasteiger partial charge in [-0.2, -0.15) is 5.10 Å². The molecule has 2 aromatic carbocycles. The lowest BCUT2D eigenvalue weighted by Crippen LogP contribution is -2.11. The van der Waals surface area contributed by atoms with Gasteiger partial charge in [0.25, 0.3) is 5.91 Å². The smallest absolute Gasteiger partial charge is 0.255 e. The van der Waals surface area contributed by atoms with E-state index in [1.54, 1.807) is 53.5 Å². The van der Waals surface area contributed by atoms with E-state index in [0.717, 1.165) is 5.69 Å². The van der Waals surface area contributed by atoms with Crippen LogP contribution >= 0.6 is 11.6 Å². The Bertz CT molecular complexity index is 1080. The summed E-state index contributed by atoms with van der Waals surface area (Å²) in [5, 5.41) is 18.9. The molecule has 8 heteroatoms. The molecule has 2 heterocycles. The summed E-state index contributed by atoms with van der Waals surface area (Å²) in [4.78, 5) is 12.3. The van der Waals surface area contributed by atoms with Crippen LogP contribution in [0.1, 0.15) is 10.4 Å². The second-order valence-corrected chi connectivity index (χ2v) is 6.33. The van der Waals surface area contributed by atoms with E-state index in [1.807, 2.05) is 30.3 Å². The van der Waals surface area contributed by atoms with Crippen LogP contribution < -0.4 is 10.6 Å². The number of anilines is 3. The van der Waals surface area contributed by atoms with Gasteiger partial charge in [0.1, 0.15) is 0 Å². The first-order chi connectivity index (χ1) is 13.7. The van der Waals surface area contributed by atoms with Gasteiger partial charge in [-0.3, -0.25) is 4.79 Å². The van der Waals surface area contributed by atoms with E-state index in [-0.39, 0.29) is 5.91 Å². The van der Waals surface area contributed by atoms with Gasteiger partial charge in [0.05, 0.1) is 0 Å². The van der Waals surface area contributed by atoms with Gasteiger partial charge in [0, 0.05) is 34.4 Å². The minimum absolute atomic E-state index is 0.219. The molecule has 2 N–H and O–H groups in total. The third-order valence-electron chi connectivity index (χ3n) is 3.89. The molecule has 0 saturated heterocycles. The second kappa shape index (κ2) is 7.89. The number of nitrogens with one attached hydrogen (secondary N) is 2. The van der Waals surface area contributed by atoms with Crippen LogP contribution in [0.15, 0.2) is 79.1 Å². The van der Waals surface area contributed by atoms with Gasteiger partial charge in [-0.1, -0.05) is 17.7 Å². The second-order valence-electron chi connectivity index (χ2n) is 5.89. The fraction of sp³-hybridized carbons (Fsp3) is 0. The maximum atomic E-state index is 12.3. The van der Waals surface area contributed by atoms with Crippen molar-refractivity contribution >= 4 is 34.7 Å². The minimum atomic E-state index is -0.219. The van der Waals surface area contributed by atoms with Crippen molar-refractivity contribution in [3.63, 3.8) is 0 Å². The topological polar surface area (TPSA) is 84.7 Å². The van der Waals surface area contributed by atoms with Gasteiger partial charge in [-0.25, -0.2) is 4.68 Å². The molecule has 28 heavy (non-hydrogen) atoms. The third kappa shape index (κ3) is 4.16. The van der Waals surface area contributed by atoms with E-state index < -0.39 is 0 Å². The molecule has 0 unspecified atom stereocenters. The van der Waals surface area contributed by atoms with E-state index in [4.69, 9.17) is 11.6 Å². The van der Waals surface area contributed by atoms with Gasteiger partial charge in [-0.05, 0) is 60.7 Å². The number of aromatic nitrogens is 4. The monoisotopic (exact) mass is 390 g/mol. The quantitative estimate of drug-likeness (QED) is 0.530. The number of carbonyl (C=O) groups excluding carboxylic acids is 1. The molecule has 4 aromatic rings. The highest BCUT2D eigenvalue weighted by atomic mass is 35.5. The first-order valence-electron chi connectivity index (χ1n) is 8.45. The average molecular weight is 391 g/mol. The van der Waals surface area contributed by atoms with Crippen LogP contribution in [0.4, 0.5) is 17.2 Å². The molecule has 0 saturated carbocycles. The van der Waals surface area contributed by atoms with Gasteiger partial charge >= 0.3 is 0 Å². The van der Waals surface area contributed by atoms with Crippen LogP contribution in [0.3, 0.4) is 0 Å². The average Bonchev–Trinajstić information content (AvgIpc) is 3.25. The van der Waals surface area contributed by atoms with Gasteiger partial charge in [0.15, 0.2) is 11.6 Å². The number of hydrogen-bond acceptors (Lipinski definition) is 5. The van der Waals surface area contributed by atoms with Gasteiger partial charge in [0.2, 0.25) is 0 Å². The zero-order valence-corrected chi connectivity index (χ0v) is 15.3. The zero-order chi connectivity index (χ0) is 19.3. The summed E-state index contributed by atoms with van der Waals surface area (Å²) in [5.41, 5.74) is 2.00. The van der Waals surface area contributed by atoms with E-state index in [9.17, 15) is 4.79 Å². The Balaban J connectivity index is 1.40. The first-order valence-corrected chi connectivity index (χ1v) is 8.83. The third-order valence-corrected chi connectivity index (χ3v) is 4.13. The van der Waals surface area contributed by atoms with Crippen LogP contribution in [0.5, 0.6) is 0 Å². The van der Waals surface area contributed by atoms with Crippen molar-refractivity contribution in [1.29, 1.82) is 0 Å². The summed E-state index contributed by atoms with van der Waals surface area (Å²) in [7, 11) is 0. The summed E-state index contributed by atoms with van der Waals surface area (Å²) >= 11 is 5.92. The summed E-state index contributed by atoms with van der Waals surface area (Å²) in [6, 6.07) is 19.6. The highest BCUT2D eigenvalue weighted by Crippen LogP contribution is 2.19. The maximum absolute atomic E-state index is 12.3. The molecule has 0 aliphatic carbocycles. The minimum Gasteiger partial charge on any atom is -0.339 e. The Morgan fingerprint density at radius 1 is 0.929 bits per heavy atom. The molecule has 0 radical (unpaired) electrons. The SMILES string of the molecule is O=C(Nc1ccc(Nc2ccc(-n3cccn3)nn2)cc1)c1cccc(Cl)c1. The van der Waals surface area contributed by atoms with Crippen LogP contribution in [0.25, 0.3) is 5.82 Å². The molecular formula is C20H15ClN6O. The Morgan fingerprint density at radius 3 is 2.43 bits per heavy atom. The van der Waals surface area contributed by atoms with E-state index in [1.165, 1.54) is 0 Å². The van der Waals surface area contributed by atoms with E-state index in [2.05, 4.69) is 25.9 Å². The van der Waals surface area contributed by atoms with Crippen molar-refractivity contribution in [2.45, 2.75) is 0 Å². The fourth-order valence-corrected chi connectivity index (χ4v) is 2.73. The lowest BCUT2D eigenvalue weighted by molar-refractivity contribution is 0.102. The number of rotatable bonds is 5. The van der Waals surface area contributed by atoms with Crippen molar-refractivity contribution in [2.24, 2.45) is 0 Å². The normalized spacial score (nSPS) is 10.5. The van der Waals surface area contributed by atoms with Gasteiger partial charge in [-0.15, -0.1) is 10.2 Å². The van der Waals surface area contributed by atoms with Crippen molar-refractivity contribution < 1.29 is 4.79 Å². The summed E-state index contributed by atoms with van der Waals surface area (Å²) in [5.74, 6) is 1.02. The molecule has 0 atom stereocenters. The molecule has 0 aliphatic rings. The molecule has 0 bridgehead atoms. The van der Waals surface area contributed by atoms with Gasteiger partial charge < -0.3 is 10.6 Å². The molecule has 0 aliphatic heterocycles. The first kappa shape index (κ1) is 17.7. The molecule has 7 nitrogen and oxygen atoms in total. The van der Waals surface area contributed by atoms with E-state index in [0.29, 0.717) is 27.9 Å². The highest BCUT2D eigenvalue weighted by molar-refractivity contribution is 6.31. The lowest BCUT2D eigenvalue weighted by Gasteiger charge is -2.08. The van der Waals surface area contributed by atoms with Crippen molar-refractivity contribution in [1.82, 2.24) is 20.0 Å². The molecular weight excluding hydrogens is 376 g/mol. The Hall–Kier alpha value is -3.71. The van der Waals surface area contributed by atoms with E-state index >= 15 is 0 Å². The molecule has 4 rings (SSSR count). The molecule has 1 amide bonds. The standard InChI is InChI=1S/C20H15ClN6O/c21-15-4-1-3-14(13-15)20(28)24-17-7-5-16(6-8-17)23-18-9-10-19(26-25-18)27-12-2-11-22-27/h1-13H,(H,23,25)(H,24,28). The number of hydrogen-bond donors (Lipinski definition) is 2. The van der Waals surface area contributed by atoms with Crippen molar-refractivity contribution in [3.8, 4) is 5.82 Å².